The highest BCUT2D eigenvalue weighted by atomic mass is 32.1. The maximum Gasteiger partial charge on any atom is 0.270 e. The zero-order valence-electron chi connectivity index (χ0n) is 16.0. The zero-order chi connectivity index (χ0) is 20.5. The van der Waals surface area contributed by atoms with Crippen molar-refractivity contribution in [2.24, 2.45) is 0 Å². The third-order valence-corrected chi connectivity index (χ3v) is 5.19. The first-order valence-corrected chi connectivity index (χ1v) is 9.59. The number of thiocarbonyl (C=S) groups is 1. The molecule has 1 aromatic heterocycles. The second-order valence-corrected chi connectivity index (χ2v) is 7.18. The number of hydrogen-bond donors (Lipinski definition) is 1. The van der Waals surface area contributed by atoms with Gasteiger partial charge in [-0.15, -0.1) is 0 Å². The molecule has 1 fully saturated rings. The second-order valence-electron chi connectivity index (χ2n) is 6.79. The Morgan fingerprint density at radius 3 is 2.10 bits per heavy atom. The van der Waals surface area contributed by atoms with E-state index in [0.717, 1.165) is 22.6 Å². The molecule has 1 N–H and O–H groups in total. The van der Waals surface area contributed by atoms with E-state index >= 15 is 0 Å². The van der Waals surface area contributed by atoms with Crippen LogP contribution in [-0.2, 0) is 9.59 Å². The van der Waals surface area contributed by atoms with Gasteiger partial charge in [-0.3, -0.25) is 19.8 Å². The van der Waals surface area contributed by atoms with Crippen molar-refractivity contribution >= 4 is 40.9 Å². The first-order chi connectivity index (χ1) is 14.0. The maximum atomic E-state index is 13.1. The van der Waals surface area contributed by atoms with E-state index in [9.17, 15) is 9.59 Å². The Kier molecular flexibility index (Phi) is 4.86. The van der Waals surface area contributed by atoms with E-state index in [4.69, 9.17) is 12.2 Å². The largest absolute Gasteiger partial charge is 0.318 e. The summed E-state index contributed by atoms with van der Waals surface area (Å²) in [6.45, 7) is 3.97. The first kappa shape index (κ1) is 18.8. The van der Waals surface area contributed by atoms with Crippen LogP contribution in [0.3, 0.4) is 0 Å². The van der Waals surface area contributed by atoms with Crippen molar-refractivity contribution in [2.45, 2.75) is 13.8 Å². The van der Waals surface area contributed by atoms with Crippen molar-refractivity contribution < 1.29 is 9.59 Å². The quantitative estimate of drug-likeness (QED) is 0.411. The van der Waals surface area contributed by atoms with Gasteiger partial charge in [0.1, 0.15) is 5.57 Å². The Hall–Kier alpha value is -3.51. The molecule has 144 valence electrons. The molecule has 0 spiro atoms. The number of nitrogens with zero attached hydrogens (tertiary/aromatic N) is 2. The predicted octanol–water partition coefficient (Wildman–Crippen LogP) is 3.93. The third-order valence-electron chi connectivity index (χ3n) is 4.90. The van der Waals surface area contributed by atoms with Gasteiger partial charge >= 0.3 is 0 Å². The van der Waals surface area contributed by atoms with Crippen LogP contribution in [0.5, 0.6) is 0 Å². The summed E-state index contributed by atoms with van der Waals surface area (Å²) >= 11 is 5.24. The number of aromatic nitrogens is 1. The predicted molar refractivity (Wildman–Crippen MR) is 118 cm³/mol. The highest BCUT2D eigenvalue weighted by molar-refractivity contribution is 7.80. The molecule has 0 radical (unpaired) electrons. The Labute approximate surface area is 174 Å². The van der Waals surface area contributed by atoms with Crippen LogP contribution in [0.2, 0.25) is 0 Å². The SMILES string of the molecule is Cc1cc(C=C2C(=O)NC(=S)N(c3ccccc3)C2=O)c(C)n1-c1ccccc1. The number of benzene rings is 2. The molecule has 0 unspecified atom stereocenters. The summed E-state index contributed by atoms with van der Waals surface area (Å²) in [6.07, 6.45) is 1.64. The highest BCUT2D eigenvalue weighted by Gasteiger charge is 2.34. The fourth-order valence-corrected chi connectivity index (χ4v) is 3.81. The van der Waals surface area contributed by atoms with Gasteiger partial charge in [0, 0.05) is 17.1 Å². The highest BCUT2D eigenvalue weighted by Crippen LogP contribution is 2.25. The topological polar surface area (TPSA) is 54.3 Å². The van der Waals surface area contributed by atoms with Crippen LogP contribution in [0.1, 0.15) is 17.0 Å². The number of anilines is 1. The number of amides is 2. The lowest BCUT2D eigenvalue weighted by molar-refractivity contribution is -0.122. The number of para-hydroxylation sites is 2. The molecule has 2 heterocycles. The summed E-state index contributed by atoms with van der Waals surface area (Å²) in [6, 6.07) is 21.0. The number of carbonyl (C=O) groups excluding carboxylic acids is 2. The monoisotopic (exact) mass is 401 g/mol. The summed E-state index contributed by atoms with van der Waals surface area (Å²) < 4.78 is 2.09. The van der Waals surface area contributed by atoms with E-state index in [1.54, 1.807) is 18.2 Å². The fraction of sp³-hybridized carbons (Fsp3) is 0.0870. The van der Waals surface area contributed by atoms with Crippen molar-refractivity contribution in [3.63, 3.8) is 0 Å². The van der Waals surface area contributed by atoms with Gasteiger partial charge in [0.05, 0.1) is 5.69 Å². The molecule has 1 aliphatic heterocycles. The molecule has 2 amide bonds. The zero-order valence-corrected chi connectivity index (χ0v) is 16.9. The van der Waals surface area contributed by atoms with E-state index in [-0.39, 0.29) is 10.7 Å². The maximum absolute atomic E-state index is 13.1. The van der Waals surface area contributed by atoms with Gasteiger partial charge in [-0.05, 0) is 68.0 Å². The van der Waals surface area contributed by atoms with Gasteiger partial charge in [-0.1, -0.05) is 36.4 Å². The lowest BCUT2D eigenvalue weighted by atomic mass is 10.1. The van der Waals surface area contributed by atoms with Gasteiger partial charge in [-0.2, -0.15) is 0 Å². The summed E-state index contributed by atoms with van der Waals surface area (Å²) in [7, 11) is 0. The normalized spacial score (nSPS) is 15.7. The Balaban J connectivity index is 1.77. The molecule has 4 rings (SSSR count). The molecule has 0 bridgehead atoms. The summed E-state index contributed by atoms with van der Waals surface area (Å²) in [5.74, 6) is -0.925. The van der Waals surface area contributed by atoms with Crippen LogP contribution in [0.4, 0.5) is 5.69 Å². The van der Waals surface area contributed by atoms with Crippen LogP contribution in [0, 0.1) is 13.8 Å². The summed E-state index contributed by atoms with van der Waals surface area (Å²) in [4.78, 5) is 27.0. The van der Waals surface area contributed by atoms with E-state index in [2.05, 4.69) is 9.88 Å². The summed E-state index contributed by atoms with van der Waals surface area (Å²) in [5, 5.41) is 2.71. The van der Waals surface area contributed by atoms with Crippen molar-refractivity contribution in [1.29, 1.82) is 0 Å². The number of aryl methyl sites for hydroxylation is 1. The molecule has 0 aliphatic carbocycles. The number of hydrogen-bond acceptors (Lipinski definition) is 3. The van der Waals surface area contributed by atoms with Crippen molar-refractivity contribution in [1.82, 2.24) is 9.88 Å². The smallest absolute Gasteiger partial charge is 0.270 e. The van der Waals surface area contributed by atoms with E-state index in [0.29, 0.717) is 5.69 Å². The second kappa shape index (κ2) is 7.48. The van der Waals surface area contributed by atoms with Gasteiger partial charge in [0.15, 0.2) is 5.11 Å². The first-order valence-electron chi connectivity index (χ1n) is 9.18. The van der Waals surface area contributed by atoms with E-state index < -0.39 is 11.8 Å². The minimum Gasteiger partial charge on any atom is -0.318 e. The van der Waals surface area contributed by atoms with Crippen molar-refractivity contribution in [2.75, 3.05) is 4.90 Å². The molecule has 1 aliphatic rings. The molecular formula is C23H19N3O2S. The van der Waals surface area contributed by atoms with Crippen LogP contribution < -0.4 is 10.2 Å². The molecule has 3 aromatic rings. The standard InChI is InChI=1S/C23H19N3O2S/c1-15-13-17(16(2)25(15)18-9-5-3-6-10-18)14-20-21(27)24-23(29)26(22(20)28)19-11-7-4-8-12-19/h3-14H,1-2H3,(H,24,27,29). The third kappa shape index (κ3) is 3.39. The molecule has 2 aromatic carbocycles. The number of nitrogens with one attached hydrogen (secondary N) is 1. The molecule has 6 heteroatoms. The molecule has 0 atom stereocenters. The lowest BCUT2D eigenvalue weighted by Crippen LogP contribution is -2.54. The van der Waals surface area contributed by atoms with Crippen LogP contribution in [0.15, 0.2) is 72.3 Å². The number of rotatable bonds is 3. The van der Waals surface area contributed by atoms with E-state index in [1.165, 1.54) is 4.90 Å². The van der Waals surface area contributed by atoms with Crippen molar-refractivity contribution in [3.8, 4) is 5.69 Å². The number of carbonyl (C=O) groups is 2. The minimum atomic E-state index is -0.489. The van der Waals surface area contributed by atoms with E-state index in [1.807, 2.05) is 68.4 Å². The molecule has 1 saturated heterocycles. The Bertz CT molecular complexity index is 1150. The average Bonchev–Trinajstić information content (AvgIpc) is 2.99. The summed E-state index contributed by atoms with van der Waals surface area (Å²) in [5.41, 5.74) is 4.46. The molecule has 0 saturated carbocycles. The van der Waals surface area contributed by atoms with Gasteiger partial charge in [-0.25, -0.2) is 0 Å². The molecular weight excluding hydrogens is 382 g/mol. The van der Waals surface area contributed by atoms with Crippen molar-refractivity contribution in [3.05, 3.63) is 89.3 Å². The Morgan fingerprint density at radius 1 is 0.897 bits per heavy atom. The van der Waals surface area contributed by atoms with Gasteiger partial charge in [0.2, 0.25) is 0 Å². The van der Waals surface area contributed by atoms with Crippen LogP contribution in [-0.4, -0.2) is 21.5 Å². The van der Waals surface area contributed by atoms with Gasteiger partial charge in [0.25, 0.3) is 11.8 Å². The minimum absolute atomic E-state index is 0.0516. The van der Waals surface area contributed by atoms with Crippen LogP contribution in [0.25, 0.3) is 11.8 Å². The van der Waals surface area contributed by atoms with Gasteiger partial charge < -0.3 is 4.57 Å². The molecule has 5 nitrogen and oxygen atoms in total. The fourth-order valence-electron chi connectivity index (χ4n) is 3.53. The van der Waals surface area contributed by atoms with Crippen LogP contribution >= 0.6 is 12.2 Å². The lowest BCUT2D eigenvalue weighted by Gasteiger charge is -2.28. The Morgan fingerprint density at radius 2 is 1.48 bits per heavy atom. The molecule has 29 heavy (non-hydrogen) atoms. The average molecular weight is 401 g/mol.